The van der Waals surface area contributed by atoms with E-state index in [0.29, 0.717) is 0 Å². The molecule has 2 rings (SSSR count). The Balaban J connectivity index is 1.90. The van der Waals surface area contributed by atoms with Crippen molar-refractivity contribution in [2.24, 2.45) is 0 Å². The molecule has 0 aliphatic carbocycles. The molecular weight excluding hydrogens is 238 g/mol. The van der Waals surface area contributed by atoms with E-state index in [1.165, 1.54) is 6.08 Å². The summed E-state index contributed by atoms with van der Waals surface area (Å²) in [6.07, 6.45) is 0.436. The highest BCUT2D eigenvalue weighted by molar-refractivity contribution is 6.30. The lowest BCUT2D eigenvalue weighted by atomic mass is 10.3. The minimum Gasteiger partial charge on any atom is -0.421 e. The van der Waals surface area contributed by atoms with Gasteiger partial charge >= 0.3 is 11.9 Å². The molecule has 1 aliphatic heterocycles. The van der Waals surface area contributed by atoms with Crippen LogP contribution in [0.15, 0.2) is 42.2 Å². The van der Waals surface area contributed by atoms with Gasteiger partial charge in [0.15, 0.2) is 0 Å². The zero-order valence-corrected chi connectivity index (χ0v) is 9.33. The van der Waals surface area contributed by atoms with Gasteiger partial charge in [-0.3, -0.25) is 5.32 Å². The molecule has 94 valence electrons. The number of para-hydroxylation sites is 1. The van der Waals surface area contributed by atoms with Crippen LogP contribution in [0.25, 0.3) is 0 Å². The van der Waals surface area contributed by atoms with E-state index in [4.69, 9.17) is 14.6 Å². The third-order valence-corrected chi connectivity index (χ3v) is 2.17. The lowest BCUT2D eigenvalue weighted by molar-refractivity contribution is -0.159. The molecule has 1 aliphatic rings. The number of benzene rings is 1. The topological polar surface area (TPSA) is 84.9 Å². The first-order valence-electron chi connectivity index (χ1n) is 5.26. The summed E-state index contributed by atoms with van der Waals surface area (Å²) in [5, 5.41) is 11.7. The highest BCUT2D eigenvalue weighted by Gasteiger charge is 2.23. The fourth-order valence-corrected chi connectivity index (χ4v) is 1.37. The van der Waals surface area contributed by atoms with Gasteiger partial charge in [0.2, 0.25) is 0 Å². The molecule has 0 saturated carbocycles. The van der Waals surface area contributed by atoms with Gasteiger partial charge in [0.05, 0.1) is 6.54 Å². The Morgan fingerprint density at radius 1 is 1.17 bits per heavy atom. The van der Waals surface area contributed by atoms with Crippen LogP contribution >= 0.6 is 0 Å². The number of hydrogen-bond acceptors (Lipinski definition) is 6. The SMILES string of the molecule is O=C(OC1=CC(O)NC1)C(=O)Oc1ccccc1. The molecule has 0 bridgehead atoms. The first-order chi connectivity index (χ1) is 8.65. The van der Waals surface area contributed by atoms with Gasteiger partial charge in [-0.1, -0.05) is 18.2 Å². The third-order valence-electron chi connectivity index (χ3n) is 2.17. The Morgan fingerprint density at radius 2 is 1.83 bits per heavy atom. The van der Waals surface area contributed by atoms with Crippen molar-refractivity contribution in [2.45, 2.75) is 6.23 Å². The van der Waals surface area contributed by atoms with E-state index in [-0.39, 0.29) is 18.1 Å². The van der Waals surface area contributed by atoms with Crippen LogP contribution in [0.5, 0.6) is 5.75 Å². The molecule has 0 radical (unpaired) electrons. The van der Waals surface area contributed by atoms with Crippen LogP contribution in [-0.2, 0) is 14.3 Å². The highest BCUT2D eigenvalue weighted by Crippen LogP contribution is 2.10. The molecule has 0 spiro atoms. The van der Waals surface area contributed by atoms with Crippen LogP contribution in [0.3, 0.4) is 0 Å². The van der Waals surface area contributed by atoms with Gasteiger partial charge in [-0.15, -0.1) is 0 Å². The number of ether oxygens (including phenoxy) is 2. The van der Waals surface area contributed by atoms with Gasteiger partial charge < -0.3 is 14.6 Å². The Labute approximate surface area is 103 Å². The predicted molar refractivity (Wildman–Crippen MR) is 60.3 cm³/mol. The number of carbonyl (C=O) groups is 2. The minimum atomic E-state index is -1.12. The first kappa shape index (κ1) is 12.3. The summed E-state index contributed by atoms with van der Waals surface area (Å²) < 4.78 is 9.53. The van der Waals surface area contributed by atoms with Gasteiger partial charge in [0.25, 0.3) is 0 Å². The van der Waals surface area contributed by atoms with E-state index in [0.717, 1.165) is 0 Å². The second-order valence-electron chi connectivity index (χ2n) is 3.55. The average Bonchev–Trinajstić information content (AvgIpc) is 2.76. The highest BCUT2D eigenvalue weighted by atomic mass is 16.6. The molecule has 6 heteroatoms. The van der Waals surface area contributed by atoms with Crippen molar-refractivity contribution in [2.75, 3.05) is 6.54 Å². The Morgan fingerprint density at radius 3 is 2.44 bits per heavy atom. The number of carbonyl (C=O) groups excluding carboxylic acids is 2. The van der Waals surface area contributed by atoms with Crippen molar-refractivity contribution < 1.29 is 24.2 Å². The molecule has 2 N–H and O–H groups in total. The smallest absolute Gasteiger partial charge is 0.421 e. The number of nitrogens with one attached hydrogen (secondary N) is 1. The van der Waals surface area contributed by atoms with Gasteiger partial charge in [-0.05, 0) is 18.2 Å². The molecule has 1 atom stereocenters. The summed E-state index contributed by atoms with van der Waals surface area (Å²) in [4.78, 5) is 22.7. The zero-order valence-electron chi connectivity index (χ0n) is 9.33. The van der Waals surface area contributed by atoms with Gasteiger partial charge in [0.1, 0.15) is 17.7 Å². The van der Waals surface area contributed by atoms with Crippen LogP contribution in [0, 0.1) is 0 Å². The molecule has 0 saturated heterocycles. The second-order valence-corrected chi connectivity index (χ2v) is 3.55. The fourth-order valence-electron chi connectivity index (χ4n) is 1.37. The number of aliphatic hydroxyl groups is 1. The largest absolute Gasteiger partial charge is 0.423 e. The summed E-state index contributed by atoms with van der Waals surface area (Å²) >= 11 is 0. The van der Waals surface area contributed by atoms with Gasteiger partial charge in [-0.2, -0.15) is 0 Å². The molecule has 1 aromatic carbocycles. The Hall–Kier alpha value is -2.18. The maximum Gasteiger partial charge on any atom is 0.423 e. The van der Waals surface area contributed by atoms with Crippen LogP contribution in [-0.4, -0.2) is 29.8 Å². The molecular formula is C12H11NO5. The average molecular weight is 249 g/mol. The standard InChI is InChI=1S/C12H11NO5/c14-10-6-9(7-13-10)18-12(16)11(15)17-8-4-2-1-3-5-8/h1-6,10,13-14H,7H2. The van der Waals surface area contributed by atoms with Crippen molar-refractivity contribution in [3.05, 3.63) is 42.2 Å². The van der Waals surface area contributed by atoms with Crippen molar-refractivity contribution in [1.82, 2.24) is 5.32 Å². The minimum absolute atomic E-state index is 0.186. The van der Waals surface area contributed by atoms with E-state index in [9.17, 15) is 9.59 Å². The fraction of sp³-hybridized carbons (Fsp3) is 0.167. The number of rotatable bonds is 2. The molecule has 1 aromatic rings. The predicted octanol–water partition coefficient (Wildman–Crippen LogP) is -0.0593. The maximum atomic E-state index is 11.4. The molecule has 1 heterocycles. The molecule has 0 amide bonds. The van der Waals surface area contributed by atoms with Crippen molar-refractivity contribution >= 4 is 11.9 Å². The second kappa shape index (κ2) is 5.44. The monoisotopic (exact) mass is 249 g/mol. The number of aliphatic hydroxyl groups excluding tert-OH is 1. The van der Waals surface area contributed by atoms with Crippen molar-refractivity contribution in [3.63, 3.8) is 0 Å². The summed E-state index contributed by atoms with van der Waals surface area (Å²) in [6.45, 7) is 0.186. The zero-order chi connectivity index (χ0) is 13.0. The summed E-state index contributed by atoms with van der Waals surface area (Å²) in [5.74, 6) is -1.78. The van der Waals surface area contributed by atoms with Gasteiger partial charge in [0, 0.05) is 0 Å². The lowest BCUT2D eigenvalue weighted by Gasteiger charge is -2.04. The van der Waals surface area contributed by atoms with Crippen LogP contribution in [0.2, 0.25) is 0 Å². The van der Waals surface area contributed by atoms with Crippen LogP contribution < -0.4 is 10.1 Å². The molecule has 0 fully saturated rings. The normalized spacial score (nSPS) is 18.1. The number of esters is 2. The molecule has 1 unspecified atom stereocenters. The third kappa shape index (κ3) is 3.16. The van der Waals surface area contributed by atoms with E-state index >= 15 is 0 Å². The Bertz CT molecular complexity index is 483. The first-order valence-corrected chi connectivity index (χ1v) is 5.26. The Kier molecular flexibility index (Phi) is 3.71. The summed E-state index contributed by atoms with van der Waals surface area (Å²) in [5.41, 5.74) is 0. The van der Waals surface area contributed by atoms with E-state index in [2.05, 4.69) is 5.32 Å². The molecule has 18 heavy (non-hydrogen) atoms. The molecule has 6 nitrogen and oxygen atoms in total. The maximum absolute atomic E-state index is 11.4. The van der Waals surface area contributed by atoms with E-state index < -0.39 is 18.2 Å². The van der Waals surface area contributed by atoms with Gasteiger partial charge in [-0.25, -0.2) is 9.59 Å². The summed E-state index contributed by atoms with van der Waals surface area (Å²) in [6, 6.07) is 8.20. The van der Waals surface area contributed by atoms with E-state index in [1.807, 2.05) is 0 Å². The quantitative estimate of drug-likeness (QED) is 0.434. The number of hydrogen-bond donors (Lipinski definition) is 2. The summed E-state index contributed by atoms with van der Waals surface area (Å²) in [7, 11) is 0. The molecule has 0 aromatic heterocycles. The van der Waals surface area contributed by atoms with Crippen molar-refractivity contribution in [1.29, 1.82) is 0 Å². The van der Waals surface area contributed by atoms with Crippen LogP contribution in [0.4, 0.5) is 0 Å². The van der Waals surface area contributed by atoms with E-state index in [1.54, 1.807) is 30.3 Å². The lowest BCUT2D eigenvalue weighted by Crippen LogP contribution is -2.24. The van der Waals surface area contributed by atoms with Crippen LogP contribution in [0.1, 0.15) is 0 Å². The van der Waals surface area contributed by atoms with Crippen molar-refractivity contribution in [3.8, 4) is 5.75 Å².